The first-order chi connectivity index (χ1) is 4.91. The van der Waals surface area contributed by atoms with Crippen LogP contribution in [0.15, 0.2) is 14.7 Å². The van der Waals surface area contributed by atoms with Gasteiger partial charge in [0.2, 0.25) is 0 Å². The number of halogens is 3. The third-order valence-corrected chi connectivity index (χ3v) is 4.65. The van der Waals surface area contributed by atoms with E-state index in [1.165, 1.54) is 6.07 Å². The van der Waals surface area contributed by atoms with Gasteiger partial charge < -0.3 is 0 Å². The van der Waals surface area contributed by atoms with Crippen molar-refractivity contribution in [1.82, 2.24) is 0 Å². The maximum atomic E-state index is 10.5. The van der Waals surface area contributed by atoms with E-state index in [4.69, 9.17) is 16.2 Å². The topological polar surface area (TPSA) is 54.4 Å². The molecule has 0 unspecified atom stereocenters. The maximum absolute atomic E-state index is 10.5. The maximum Gasteiger partial charge on any atom is 0.304 e. The second kappa shape index (κ2) is 4.26. The van der Waals surface area contributed by atoms with Crippen LogP contribution in [-0.2, 0) is 10.1 Å². The summed E-state index contributed by atoms with van der Waals surface area (Å²) in [5.74, 6) is 0. The van der Waals surface area contributed by atoms with Gasteiger partial charge in [-0.25, -0.2) is 0 Å². The van der Waals surface area contributed by atoms with Crippen LogP contribution >= 0.6 is 51.3 Å². The molecule has 0 saturated heterocycles. The van der Waals surface area contributed by atoms with Gasteiger partial charge in [0.05, 0.1) is 0 Å². The quantitative estimate of drug-likeness (QED) is 0.811. The largest absolute Gasteiger partial charge is 0.304 e. The van der Waals surface area contributed by atoms with Crippen LogP contribution in [0.25, 0.3) is 0 Å². The van der Waals surface area contributed by atoms with Gasteiger partial charge in [0.15, 0.2) is 0 Å². The molecule has 0 saturated carbocycles. The van der Waals surface area contributed by atoms with Crippen molar-refractivity contribution in [3.8, 4) is 0 Å². The Hall–Kier alpha value is 0.670. The van der Waals surface area contributed by atoms with E-state index >= 15 is 0 Å². The van der Waals surface area contributed by atoms with Crippen molar-refractivity contribution in [2.45, 2.75) is 4.21 Å². The normalized spacial score (nSPS) is 10.9. The van der Waals surface area contributed by atoms with Crippen LogP contribution in [0.1, 0.15) is 0 Å². The molecular weight excluding hydrogens is 311 g/mol. The lowest BCUT2D eigenvalue weighted by Crippen LogP contribution is -1.93. The summed E-state index contributed by atoms with van der Waals surface area (Å²) in [6.45, 7) is 0. The molecule has 0 aliphatic rings. The average Bonchev–Trinajstić information content (AvgIpc) is 2.11. The molecule has 1 aromatic heterocycles. The zero-order valence-corrected chi connectivity index (χ0v) is 10.1. The van der Waals surface area contributed by atoms with Gasteiger partial charge in [0.25, 0.3) is 0 Å². The molecule has 0 aliphatic carbocycles. The number of hydrogen-bond acceptors (Lipinski definition) is 3. The lowest BCUT2D eigenvalue weighted by Gasteiger charge is -1.85. The molecule has 0 aliphatic heterocycles. The fraction of sp³-hybridized carbons (Fsp3) is 0. The van der Waals surface area contributed by atoms with Gasteiger partial charge in [-0.1, -0.05) is 11.6 Å². The molecule has 1 aromatic rings. The minimum Gasteiger partial charge on any atom is -0.281 e. The van der Waals surface area contributed by atoms with Crippen LogP contribution in [-0.4, -0.2) is 13.0 Å². The molecule has 0 spiro atoms. The molecule has 0 fully saturated rings. The van der Waals surface area contributed by atoms with E-state index in [9.17, 15) is 8.42 Å². The SMILES string of the molecule is Cl.O=S(=O)(O)c1cc(Br)c(Cl)s1. The molecule has 8 heteroatoms. The molecular formula is C4H3BrCl2O3S2. The molecule has 0 aromatic carbocycles. The lowest BCUT2D eigenvalue weighted by molar-refractivity contribution is 0.485. The lowest BCUT2D eigenvalue weighted by atomic mass is 10.7. The summed E-state index contributed by atoms with van der Waals surface area (Å²) in [7, 11) is -4.10. The molecule has 1 rings (SSSR count). The monoisotopic (exact) mass is 312 g/mol. The van der Waals surface area contributed by atoms with Crippen LogP contribution in [0.2, 0.25) is 4.34 Å². The summed E-state index contributed by atoms with van der Waals surface area (Å²) in [6.07, 6.45) is 0. The van der Waals surface area contributed by atoms with E-state index in [0.29, 0.717) is 8.81 Å². The summed E-state index contributed by atoms with van der Waals surface area (Å²) < 4.78 is 30.1. The van der Waals surface area contributed by atoms with Crippen molar-refractivity contribution < 1.29 is 13.0 Å². The molecule has 1 N–H and O–H groups in total. The van der Waals surface area contributed by atoms with Crippen molar-refractivity contribution in [2.24, 2.45) is 0 Å². The fourth-order valence-electron chi connectivity index (χ4n) is 0.454. The van der Waals surface area contributed by atoms with E-state index in [1.807, 2.05) is 0 Å². The summed E-state index contributed by atoms with van der Waals surface area (Å²) in [5.41, 5.74) is 0. The third kappa shape index (κ3) is 2.86. The van der Waals surface area contributed by atoms with Crippen molar-refractivity contribution in [3.05, 3.63) is 14.9 Å². The summed E-state index contributed by atoms with van der Waals surface area (Å²) in [4.78, 5) is 0. The zero-order valence-electron chi connectivity index (χ0n) is 5.32. The van der Waals surface area contributed by atoms with Crippen LogP contribution in [0, 0.1) is 0 Å². The fourth-order valence-corrected chi connectivity index (χ4v) is 3.12. The first kappa shape index (κ1) is 12.7. The predicted octanol–water partition coefficient (Wildman–Crippen LogP) is 2.83. The van der Waals surface area contributed by atoms with Gasteiger partial charge in [-0.3, -0.25) is 4.55 Å². The summed E-state index contributed by atoms with van der Waals surface area (Å²) >= 11 is 9.34. The van der Waals surface area contributed by atoms with E-state index in [0.717, 1.165) is 11.3 Å². The first-order valence-corrected chi connectivity index (χ1v) is 5.76. The molecule has 0 amide bonds. The van der Waals surface area contributed by atoms with Crippen LogP contribution in [0.4, 0.5) is 0 Å². The van der Waals surface area contributed by atoms with Crippen molar-refractivity contribution in [1.29, 1.82) is 0 Å². The minimum atomic E-state index is -4.10. The van der Waals surface area contributed by atoms with Gasteiger partial charge in [0.1, 0.15) is 8.55 Å². The summed E-state index contributed by atoms with van der Waals surface area (Å²) in [5, 5.41) is 0. The van der Waals surface area contributed by atoms with Gasteiger partial charge in [-0.15, -0.1) is 23.7 Å². The first-order valence-electron chi connectivity index (χ1n) is 2.33. The molecule has 1 heterocycles. The second-order valence-electron chi connectivity index (χ2n) is 1.66. The molecule has 3 nitrogen and oxygen atoms in total. The van der Waals surface area contributed by atoms with Crippen molar-refractivity contribution in [2.75, 3.05) is 0 Å². The van der Waals surface area contributed by atoms with Gasteiger partial charge in [-0.05, 0) is 22.0 Å². The number of hydrogen-bond donors (Lipinski definition) is 1. The highest BCUT2D eigenvalue weighted by Gasteiger charge is 2.15. The Morgan fingerprint density at radius 1 is 1.58 bits per heavy atom. The number of rotatable bonds is 1. The Morgan fingerprint density at radius 3 is 2.25 bits per heavy atom. The van der Waals surface area contributed by atoms with Crippen LogP contribution in [0.5, 0.6) is 0 Å². The second-order valence-corrected chi connectivity index (χ2v) is 5.82. The Kier molecular flexibility index (Phi) is 4.49. The Labute approximate surface area is 93.0 Å². The van der Waals surface area contributed by atoms with Gasteiger partial charge in [0, 0.05) is 4.47 Å². The Balaban J connectivity index is 0.00000121. The van der Waals surface area contributed by atoms with E-state index in [2.05, 4.69) is 15.9 Å². The van der Waals surface area contributed by atoms with Gasteiger partial charge in [-0.2, -0.15) is 8.42 Å². The van der Waals surface area contributed by atoms with E-state index < -0.39 is 10.1 Å². The number of thiophene rings is 1. The zero-order chi connectivity index (χ0) is 8.65. The molecule has 70 valence electrons. The average molecular weight is 314 g/mol. The molecule has 12 heavy (non-hydrogen) atoms. The van der Waals surface area contributed by atoms with Crippen molar-refractivity contribution in [3.63, 3.8) is 0 Å². The minimum absolute atomic E-state index is 0. The molecule has 0 bridgehead atoms. The highest BCUT2D eigenvalue weighted by atomic mass is 79.9. The smallest absolute Gasteiger partial charge is 0.281 e. The van der Waals surface area contributed by atoms with E-state index in [-0.39, 0.29) is 16.6 Å². The molecule has 0 atom stereocenters. The van der Waals surface area contributed by atoms with Gasteiger partial charge >= 0.3 is 10.1 Å². The van der Waals surface area contributed by atoms with Crippen molar-refractivity contribution >= 4 is 61.4 Å². The highest BCUT2D eigenvalue weighted by Crippen LogP contribution is 2.34. The standard InChI is InChI=1S/C4H2BrClO3S2.ClH/c5-2-1-3(10-4(2)6)11(7,8)9;/h1H,(H,7,8,9);1H. The molecule has 0 radical (unpaired) electrons. The summed E-state index contributed by atoms with van der Waals surface area (Å²) in [6, 6.07) is 1.25. The van der Waals surface area contributed by atoms with Crippen LogP contribution < -0.4 is 0 Å². The Morgan fingerprint density at radius 2 is 2.08 bits per heavy atom. The van der Waals surface area contributed by atoms with Crippen LogP contribution in [0.3, 0.4) is 0 Å². The third-order valence-electron chi connectivity index (χ3n) is 0.877. The van der Waals surface area contributed by atoms with E-state index in [1.54, 1.807) is 0 Å². The Bertz CT molecular complexity index is 352. The predicted molar refractivity (Wildman–Crippen MR) is 54.1 cm³/mol. The highest BCUT2D eigenvalue weighted by molar-refractivity contribution is 9.10.